The minimum atomic E-state index is -4.97. The van der Waals surface area contributed by atoms with Crippen LogP contribution in [0.3, 0.4) is 0 Å². The van der Waals surface area contributed by atoms with Gasteiger partial charge in [-0.15, -0.1) is 25.3 Å². The zero-order valence-electron chi connectivity index (χ0n) is 67.1. The van der Waals surface area contributed by atoms with Crippen LogP contribution in [0, 0.1) is 13.8 Å². The van der Waals surface area contributed by atoms with Crippen molar-refractivity contribution in [3.8, 4) is 92.0 Å². The third-order valence-electron chi connectivity index (χ3n) is 18.4. The molecule has 4 N–H and O–H groups in total. The fourth-order valence-corrected chi connectivity index (χ4v) is 18.5. The number of hydrogen-bond acceptors (Lipinski definition) is 28. The van der Waals surface area contributed by atoms with Crippen LogP contribution in [0.25, 0.3) is 0 Å². The van der Waals surface area contributed by atoms with E-state index in [2.05, 4.69) is 0 Å². The maximum absolute atomic E-state index is 13.4. The SMILES string of the molecule is COc1ccc(Cc2ccc(Oc3ccc(S(=O)(=O)c4ccc(Oc5ccc(Oc6ccc(S(=O)(=O)c7ccc(C)cc7)cc6S(=O)(=O)O)cc5O)cc4)cc3)cc2)cc1.COc1ccc(Oc2ccc(S(=O)(=O)c3ccc(Oc4ccc(Cc5ccc(Oc6ccc(S(=O)(=O)c7ccc(C)cc7)cc6S(=O)(=O)O)cc5)cc4)cc3)cc2)cc1O.O=S(=O)=O.O=S(=O)=O. The molecule has 0 bridgehead atoms. The van der Waals surface area contributed by atoms with Crippen molar-refractivity contribution in [1.82, 2.24) is 0 Å². The molecule has 0 amide bonds. The summed E-state index contributed by atoms with van der Waals surface area (Å²) in [4.78, 5) is -2.10. The van der Waals surface area contributed by atoms with Crippen LogP contribution < -0.4 is 37.9 Å². The largest absolute Gasteiger partial charge is 0.504 e. The summed E-state index contributed by atoms with van der Waals surface area (Å²) in [6.45, 7) is 3.59. The summed E-state index contributed by atoms with van der Waals surface area (Å²) in [5.74, 6) is 3.01. The lowest BCUT2D eigenvalue weighted by atomic mass is 10.0. The maximum atomic E-state index is 13.4. The molecule has 0 aliphatic rings. The van der Waals surface area contributed by atoms with Gasteiger partial charge >= 0.3 is 21.2 Å². The Balaban J connectivity index is 0.000000229. The molecule has 30 nitrogen and oxygen atoms in total. The molecule has 0 radical (unpaired) electrons. The van der Waals surface area contributed by atoms with Crippen molar-refractivity contribution in [3.63, 3.8) is 0 Å². The van der Waals surface area contributed by atoms with Crippen LogP contribution in [0.2, 0.25) is 0 Å². The van der Waals surface area contributed by atoms with Crippen molar-refractivity contribution in [2.24, 2.45) is 0 Å². The van der Waals surface area contributed by atoms with Gasteiger partial charge in [-0.2, -0.15) is 16.8 Å². The number of phenols is 2. The Kier molecular flexibility index (Phi) is 30.3. The lowest BCUT2D eigenvalue weighted by Gasteiger charge is -2.13. The highest BCUT2D eigenvalue weighted by Crippen LogP contribution is 2.41. The van der Waals surface area contributed by atoms with Crippen molar-refractivity contribution in [2.75, 3.05) is 14.2 Å². The molecule has 0 spiro atoms. The molecule has 660 valence electrons. The zero-order chi connectivity index (χ0) is 92.5. The first kappa shape index (κ1) is 94.6. The number of aryl methyl sites for hydroxylation is 2. The van der Waals surface area contributed by atoms with Crippen molar-refractivity contribution in [1.29, 1.82) is 0 Å². The molecule has 0 aromatic heterocycles. The normalized spacial score (nSPS) is 11.4. The fourth-order valence-electron chi connectivity index (χ4n) is 12.0. The number of phenolic OH excluding ortho intramolecular Hbond substituents is 2. The average Bonchev–Trinajstić information content (AvgIpc) is 0.760. The molecular formula is C90H72O30S8. The highest BCUT2D eigenvalue weighted by molar-refractivity contribution is 7.92. The Labute approximate surface area is 739 Å². The molecule has 0 aliphatic carbocycles. The Morgan fingerprint density at radius 2 is 0.438 bits per heavy atom. The molecule has 0 aliphatic heterocycles. The quantitative estimate of drug-likeness (QED) is 0.0331. The smallest absolute Gasteiger partial charge is 0.425 e. The van der Waals surface area contributed by atoms with Crippen molar-refractivity contribution < 1.29 is 133 Å². The van der Waals surface area contributed by atoms with E-state index in [-0.39, 0.29) is 73.7 Å². The highest BCUT2D eigenvalue weighted by Gasteiger charge is 2.28. The first-order chi connectivity index (χ1) is 60.6. The van der Waals surface area contributed by atoms with Gasteiger partial charge in [0.25, 0.3) is 20.2 Å². The number of aromatic hydroxyl groups is 2. The van der Waals surface area contributed by atoms with Crippen LogP contribution in [0.1, 0.15) is 33.4 Å². The number of rotatable bonds is 28. The van der Waals surface area contributed by atoms with E-state index in [9.17, 15) is 69.8 Å². The van der Waals surface area contributed by atoms with Crippen LogP contribution in [-0.2, 0) is 93.6 Å². The Morgan fingerprint density at radius 3 is 0.711 bits per heavy atom. The Morgan fingerprint density at radius 1 is 0.234 bits per heavy atom. The van der Waals surface area contributed by atoms with E-state index in [1.54, 1.807) is 111 Å². The number of methoxy groups -OCH3 is 2. The molecule has 14 rings (SSSR count). The summed E-state index contributed by atoms with van der Waals surface area (Å²) < 4.78 is 271. The molecule has 0 saturated carbocycles. The average molecular weight is 1890 g/mol. The lowest BCUT2D eigenvalue weighted by molar-refractivity contribution is 0.370. The molecule has 0 heterocycles. The first-order valence-electron chi connectivity index (χ1n) is 37.1. The van der Waals surface area contributed by atoms with Gasteiger partial charge in [0.1, 0.15) is 78.8 Å². The van der Waals surface area contributed by atoms with E-state index >= 15 is 0 Å². The van der Waals surface area contributed by atoms with Crippen LogP contribution in [-0.4, -0.2) is 109 Å². The second kappa shape index (κ2) is 40.9. The molecule has 0 unspecified atom stereocenters. The van der Waals surface area contributed by atoms with E-state index in [0.29, 0.717) is 46.7 Å². The van der Waals surface area contributed by atoms with E-state index < -0.39 is 102 Å². The summed E-state index contributed by atoms with van der Waals surface area (Å²) in [5.41, 5.74) is 5.77. The van der Waals surface area contributed by atoms with Gasteiger partial charge in [-0.05, 0) is 279 Å². The van der Waals surface area contributed by atoms with E-state index in [0.717, 1.165) is 75.9 Å². The predicted octanol–water partition coefficient (Wildman–Crippen LogP) is 17.2. The molecule has 0 atom stereocenters. The summed E-state index contributed by atoms with van der Waals surface area (Å²) in [6, 6.07) is 79.9. The second-order valence-corrected chi connectivity index (χ2v) is 38.7. The van der Waals surface area contributed by atoms with Crippen molar-refractivity contribution in [2.45, 2.75) is 75.6 Å². The van der Waals surface area contributed by atoms with Gasteiger partial charge in [-0.3, -0.25) is 9.11 Å². The van der Waals surface area contributed by atoms with Gasteiger partial charge in [0.2, 0.25) is 39.3 Å². The van der Waals surface area contributed by atoms with Crippen LogP contribution in [0.5, 0.6) is 92.0 Å². The van der Waals surface area contributed by atoms with Crippen molar-refractivity contribution >= 4 is 80.8 Å². The minimum absolute atomic E-state index is 0.00346. The van der Waals surface area contributed by atoms with Crippen LogP contribution in [0.4, 0.5) is 0 Å². The van der Waals surface area contributed by atoms with Gasteiger partial charge in [-0.25, -0.2) is 33.7 Å². The topological polar surface area (TPSA) is 462 Å². The molecule has 128 heavy (non-hydrogen) atoms. The lowest BCUT2D eigenvalue weighted by Crippen LogP contribution is -2.06. The summed E-state index contributed by atoms with van der Waals surface area (Å²) in [6.07, 6.45) is 1.28. The molecule has 0 fully saturated rings. The Hall–Kier alpha value is -14.1. The van der Waals surface area contributed by atoms with Crippen LogP contribution in [0.15, 0.2) is 364 Å². The predicted molar refractivity (Wildman–Crippen MR) is 463 cm³/mol. The summed E-state index contributed by atoms with van der Waals surface area (Å²) >= 11 is 0. The molecule has 14 aromatic carbocycles. The minimum Gasteiger partial charge on any atom is -0.504 e. The molecular weight excluding hydrogens is 1820 g/mol. The van der Waals surface area contributed by atoms with Gasteiger partial charge < -0.3 is 48.1 Å². The highest BCUT2D eigenvalue weighted by atomic mass is 32.2. The zero-order valence-corrected chi connectivity index (χ0v) is 73.6. The number of benzene rings is 14. The van der Waals surface area contributed by atoms with E-state index in [1.165, 1.54) is 135 Å². The van der Waals surface area contributed by atoms with Gasteiger partial charge in [0, 0.05) is 12.1 Å². The monoisotopic (exact) mass is 1890 g/mol. The standard InChI is InChI=1S/2C45H36O12S3.2O3S/c1-30-3-18-38(19-4-30)59(49,50)41-24-26-44(45(29-41)60(51,52)53)57-36-11-7-32(8-12-36)27-31-5-9-33(10-6-31)55-34-13-20-39(21-14-34)58(47,48)40-22-15-35(16-23-40)56-37-17-25-43(54-2)42(46)28-37;1-30-3-18-38(19-4-30)59(49,50)41-24-26-44(45(29-41)60(51,52)53)57-37-17-25-43(42(46)28-37)56-36-15-22-40(23-16-36)58(47,48)39-20-13-35(14-21-39)55-34-11-7-32(8-12-34)27-31-5-9-33(54-2)10-6-31;2*1-4(2)3/h2*3-26,28-29,46H,27H2,1-2H3,(H,51,52,53);;. The molecule has 0 saturated heterocycles. The third-order valence-corrected chi connectivity index (χ3v) is 27.3. The molecule has 38 heteroatoms. The maximum Gasteiger partial charge on any atom is 0.425 e. The number of sulfone groups is 4. The van der Waals surface area contributed by atoms with E-state index in [4.69, 9.17) is 63.1 Å². The summed E-state index contributed by atoms with van der Waals surface area (Å²) in [7, 11) is -29.0. The first-order valence-corrected chi connectivity index (χ1v) is 47.9. The van der Waals surface area contributed by atoms with Crippen molar-refractivity contribution in [3.05, 3.63) is 349 Å². The second-order valence-electron chi connectivity index (χ2n) is 27.3. The summed E-state index contributed by atoms with van der Waals surface area (Å²) in [5, 5.41) is 20.7. The third kappa shape index (κ3) is 25.2. The van der Waals surface area contributed by atoms with Gasteiger partial charge in [0.15, 0.2) is 23.0 Å². The number of hydrogen-bond donors (Lipinski definition) is 4. The van der Waals surface area contributed by atoms with Crippen LogP contribution >= 0.6 is 0 Å². The van der Waals surface area contributed by atoms with E-state index in [1.807, 2.05) is 67.6 Å². The van der Waals surface area contributed by atoms with Gasteiger partial charge in [-0.1, -0.05) is 83.9 Å². The molecule has 14 aromatic rings. The fraction of sp³-hybridized carbons (Fsp3) is 0.0667. The Bertz CT molecular complexity index is 7310. The van der Waals surface area contributed by atoms with Gasteiger partial charge in [0.05, 0.1) is 53.4 Å². The number of ether oxygens (including phenoxy) is 8.